The van der Waals surface area contributed by atoms with E-state index in [-0.39, 0.29) is 30.4 Å². The van der Waals surface area contributed by atoms with Crippen LogP contribution in [0.5, 0.6) is 5.75 Å². The van der Waals surface area contributed by atoms with E-state index in [1.807, 2.05) is 50.2 Å². The molecule has 1 unspecified atom stereocenters. The van der Waals surface area contributed by atoms with Crippen LogP contribution in [0.4, 0.5) is 0 Å². The largest absolute Gasteiger partial charge is 0.483 e. The number of hydrogen-bond donors (Lipinski definition) is 1. The molecule has 0 aliphatic rings. The zero-order chi connectivity index (χ0) is 24.8. The van der Waals surface area contributed by atoms with E-state index in [9.17, 15) is 9.59 Å². The van der Waals surface area contributed by atoms with Crippen LogP contribution in [-0.2, 0) is 21.5 Å². The molecule has 0 spiro atoms. The Hall–Kier alpha value is -2.05. The number of halogens is 2. The van der Waals surface area contributed by atoms with Crippen molar-refractivity contribution in [3.63, 3.8) is 0 Å². The van der Waals surface area contributed by atoms with E-state index >= 15 is 0 Å². The fraction of sp³-hybridized carbons (Fsp3) is 0.462. The van der Waals surface area contributed by atoms with Crippen molar-refractivity contribution in [2.75, 3.05) is 13.2 Å². The lowest BCUT2D eigenvalue weighted by Gasteiger charge is -2.29. The van der Waals surface area contributed by atoms with Crippen molar-refractivity contribution >= 4 is 39.3 Å². The van der Waals surface area contributed by atoms with Gasteiger partial charge in [-0.25, -0.2) is 0 Å². The highest BCUT2D eigenvalue weighted by molar-refractivity contribution is 9.10. The van der Waals surface area contributed by atoms with Gasteiger partial charge in [-0.15, -0.1) is 0 Å². The summed E-state index contributed by atoms with van der Waals surface area (Å²) in [5.41, 5.74) is 1.93. The van der Waals surface area contributed by atoms with Crippen LogP contribution in [0.1, 0.15) is 52.7 Å². The second-order valence-corrected chi connectivity index (χ2v) is 10.9. The minimum atomic E-state index is -0.678. The third-order valence-electron chi connectivity index (χ3n) is 5.30. The monoisotopic (exact) mass is 536 g/mol. The molecule has 0 saturated heterocycles. The van der Waals surface area contributed by atoms with Gasteiger partial charge in [-0.3, -0.25) is 9.59 Å². The highest BCUT2D eigenvalue weighted by Crippen LogP contribution is 2.31. The SMILES string of the molecule is CC(C)CNC(=O)C(C)N(Cc1ccccc1Cl)C(=O)COc1ccc(C(C)(C)C)cc1Br. The molecule has 0 bridgehead atoms. The normalized spacial score (nSPS) is 12.4. The highest BCUT2D eigenvalue weighted by Gasteiger charge is 2.27. The van der Waals surface area contributed by atoms with Gasteiger partial charge in [0.1, 0.15) is 11.8 Å². The van der Waals surface area contributed by atoms with Gasteiger partial charge in [0, 0.05) is 18.1 Å². The second kappa shape index (κ2) is 11.9. The predicted molar refractivity (Wildman–Crippen MR) is 138 cm³/mol. The van der Waals surface area contributed by atoms with E-state index in [0.29, 0.717) is 23.2 Å². The predicted octanol–water partition coefficient (Wildman–Crippen LogP) is 5.97. The topological polar surface area (TPSA) is 58.6 Å². The standard InChI is InChI=1S/C26H34BrClN2O3/c1-17(2)14-29-25(32)18(3)30(15-19-9-7-8-10-22(19)28)24(31)16-33-23-12-11-20(13-21(23)27)26(4,5)6/h7-13,17-18H,14-16H2,1-6H3,(H,29,32). The Morgan fingerprint density at radius 3 is 2.36 bits per heavy atom. The molecule has 0 radical (unpaired) electrons. The maximum Gasteiger partial charge on any atom is 0.261 e. The molecule has 2 aromatic rings. The third kappa shape index (κ3) is 8.04. The number of ether oxygens (including phenoxy) is 1. The lowest BCUT2D eigenvalue weighted by Crippen LogP contribution is -2.49. The maximum atomic E-state index is 13.2. The molecule has 0 aromatic heterocycles. The van der Waals surface area contributed by atoms with Crippen LogP contribution in [0.25, 0.3) is 0 Å². The van der Waals surface area contributed by atoms with Crippen molar-refractivity contribution in [1.82, 2.24) is 10.2 Å². The van der Waals surface area contributed by atoms with Gasteiger partial charge in [0.15, 0.2) is 6.61 Å². The minimum absolute atomic E-state index is 0.00139. The maximum absolute atomic E-state index is 13.2. The van der Waals surface area contributed by atoms with Crippen molar-refractivity contribution in [1.29, 1.82) is 0 Å². The summed E-state index contributed by atoms with van der Waals surface area (Å²) in [5.74, 6) is 0.380. The fourth-order valence-corrected chi connectivity index (χ4v) is 3.84. The molecule has 33 heavy (non-hydrogen) atoms. The van der Waals surface area contributed by atoms with E-state index in [1.54, 1.807) is 13.0 Å². The first-order chi connectivity index (χ1) is 15.4. The lowest BCUT2D eigenvalue weighted by molar-refractivity contribution is -0.142. The van der Waals surface area contributed by atoms with E-state index in [4.69, 9.17) is 16.3 Å². The molecule has 7 heteroatoms. The number of amides is 2. The summed E-state index contributed by atoms with van der Waals surface area (Å²) in [6, 6.07) is 12.5. The quantitative estimate of drug-likeness (QED) is 0.429. The smallest absolute Gasteiger partial charge is 0.261 e. The highest BCUT2D eigenvalue weighted by atomic mass is 79.9. The van der Waals surface area contributed by atoms with E-state index in [1.165, 1.54) is 4.90 Å². The molecule has 0 aliphatic heterocycles. The van der Waals surface area contributed by atoms with Crippen LogP contribution in [0, 0.1) is 5.92 Å². The van der Waals surface area contributed by atoms with Crippen LogP contribution in [0.3, 0.4) is 0 Å². The van der Waals surface area contributed by atoms with Crippen molar-refractivity contribution < 1.29 is 14.3 Å². The van der Waals surface area contributed by atoms with Gasteiger partial charge >= 0.3 is 0 Å². The first-order valence-corrected chi connectivity index (χ1v) is 12.3. The van der Waals surface area contributed by atoms with Crippen LogP contribution < -0.4 is 10.1 Å². The molecule has 1 atom stereocenters. The van der Waals surface area contributed by atoms with Crippen LogP contribution in [-0.4, -0.2) is 35.9 Å². The number of benzene rings is 2. The Labute approximate surface area is 211 Å². The summed E-state index contributed by atoms with van der Waals surface area (Å²) in [6.45, 7) is 12.7. The van der Waals surface area contributed by atoms with Gasteiger partial charge in [-0.05, 0) is 63.5 Å². The van der Waals surface area contributed by atoms with E-state index in [0.717, 1.165) is 15.6 Å². The summed E-state index contributed by atoms with van der Waals surface area (Å²) >= 11 is 9.87. The number of hydrogen-bond acceptors (Lipinski definition) is 3. The van der Waals surface area contributed by atoms with Gasteiger partial charge in [0.05, 0.1) is 4.47 Å². The summed E-state index contributed by atoms with van der Waals surface area (Å²) in [6.07, 6.45) is 0. The summed E-state index contributed by atoms with van der Waals surface area (Å²) in [7, 11) is 0. The molecule has 0 aliphatic carbocycles. The average Bonchev–Trinajstić information content (AvgIpc) is 2.74. The number of carbonyl (C=O) groups excluding carboxylic acids is 2. The Morgan fingerprint density at radius 1 is 1.12 bits per heavy atom. The Bertz CT molecular complexity index is 972. The van der Waals surface area contributed by atoms with Crippen molar-refractivity contribution in [3.8, 4) is 5.75 Å². The van der Waals surface area contributed by atoms with Gasteiger partial charge in [0.2, 0.25) is 5.91 Å². The Kier molecular flexibility index (Phi) is 9.80. The van der Waals surface area contributed by atoms with E-state index in [2.05, 4.69) is 42.0 Å². The molecular weight excluding hydrogens is 504 g/mol. The first-order valence-electron chi connectivity index (χ1n) is 11.1. The molecule has 180 valence electrons. The zero-order valence-electron chi connectivity index (χ0n) is 20.2. The number of nitrogens with one attached hydrogen (secondary N) is 1. The number of carbonyl (C=O) groups is 2. The Morgan fingerprint density at radius 2 is 1.79 bits per heavy atom. The fourth-order valence-electron chi connectivity index (χ4n) is 3.15. The molecule has 0 saturated carbocycles. The molecule has 2 aromatic carbocycles. The van der Waals surface area contributed by atoms with Gasteiger partial charge in [-0.1, -0.05) is 70.5 Å². The molecule has 0 fully saturated rings. The second-order valence-electron chi connectivity index (χ2n) is 9.61. The molecule has 0 heterocycles. The first kappa shape index (κ1) is 27.2. The van der Waals surface area contributed by atoms with Crippen LogP contribution in [0.2, 0.25) is 5.02 Å². The van der Waals surface area contributed by atoms with Gasteiger partial charge in [0.25, 0.3) is 5.91 Å². The summed E-state index contributed by atoms with van der Waals surface area (Å²) in [4.78, 5) is 27.5. The van der Waals surface area contributed by atoms with Gasteiger partial charge < -0.3 is 15.0 Å². The minimum Gasteiger partial charge on any atom is -0.483 e. The molecular formula is C26H34BrClN2O3. The van der Waals surface area contributed by atoms with Crippen LogP contribution >= 0.6 is 27.5 Å². The molecule has 2 amide bonds. The van der Waals surface area contributed by atoms with Crippen molar-refractivity contribution in [2.24, 2.45) is 5.92 Å². The Balaban J connectivity index is 2.19. The van der Waals surface area contributed by atoms with Crippen molar-refractivity contribution in [2.45, 2.75) is 59.5 Å². The zero-order valence-corrected chi connectivity index (χ0v) is 22.6. The van der Waals surface area contributed by atoms with Gasteiger partial charge in [-0.2, -0.15) is 0 Å². The molecule has 5 nitrogen and oxygen atoms in total. The third-order valence-corrected chi connectivity index (χ3v) is 6.29. The molecule has 1 N–H and O–H groups in total. The van der Waals surface area contributed by atoms with Crippen LogP contribution in [0.15, 0.2) is 46.9 Å². The van der Waals surface area contributed by atoms with Crippen molar-refractivity contribution in [3.05, 3.63) is 63.1 Å². The summed E-state index contributed by atoms with van der Waals surface area (Å²) in [5, 5.41) is 3.45. The number of nitrogens with zero attached hydrogens (tertiary/aromatic N) is 1. The summed E-state index contributed by atoms with van der Waals surface area (Å²) < 4.78 is 6.62. The lowest BCUT2D eigenvalue weighted by atomic mass is 9.87. The van der Waals surface area contributed by atoms with E-state index < -0.39 is 6.04 Å². The average molecular weight is 538 g/mol. The molecule has 2 rings (SSSR count). The number of rotatable bonds is 9.